The number of hydrogen-bond acceptors (Lipinski definition) is 10. The first kappa shape index (κ1) is 26.3. The van der Waals surface area contributed by atoms with Crippen LogP contribution in [-0.4, -0.2) is 86.9 Å². The zero-order valence-electron chi connectivity index (χ0n) is 21.5. The molecule has 3 aliphatic rings. The van der Waals surface area contributed by atoms with E-state index in [0.29, 0.717) is 43.1 Å². The molecule has 5 rings (SSSR count). The van der Waals surface area contributed by atoms with E-state index in [1.807, 2.05) is 31.6 Å². The maximum absolute atomic E-state index is 12.3. The van der Waals surface area contributed by atoms with Crippen LogP contribution in [0.3, 0.4) is 0 Å². The van der Waals surface area contributed by atoms with Crippen molar-refractivity contribution >= 4 is 35.1 Å². The van der Waals surface area contributed by atoms with Gasteiger partial charge in [0.05, 0.1) is 55.5 Å². The minimum absolute atomic E-state index is 0.170. The number of halogens is 1. The first-order valence-corrected chi connectivity index (χ1v) is 12.9. The Morgan fingerprint density at radius 1 is 1.24 bits per heavy atom. The molecular formula is C23H31ClN10O4. The summed E-state index contributed by atoms with van der Waals surface area (Å²) in [6.07, 6.45) is 5.83. The molecule has 15 heteroatoms. The fraction of sp³-hybridized carbons (Fsp3) is 0.652. The molecule has 3 saturated heterocycles. The quantitative estimate of drug-likeness (QED) is 0.310. The maximum atomic E-state index is 12.3. The van der Waals surface area contributed by atoms with Crippen molar-refractivity contribution in [2.45, 2.75) is 69.5 Å². The Labute approximate surface area is 224 Å². The van der Waals surface area contributed by atoms with Crippen LogP contribution in [0.4, 0.5) is 22.2 Å². The molecule has 204 valence electrons. The largest absolute Gasteiger partial charge is 0.444 e. The predicted molar refractivity (Wildman–Crippen MR) is 138 cm³/mol. The third-order valence-corrected chi connectivity index (χ3v) is 6.92. The van der Waals surface area contributed by atoms with E-state index >= 15 is 0 Å². The molecule has 0 radical (unpaired) electrons. The minimum atomic E-state index is -0.511. The standard InChI is InChI=1S/C23H31ClN10O4/c1-23(2,3)38-22(35)33-6-4-14(5-7-33)34-10-13(8-27-34)28-21-26-9-15(24)20(30-21)29-16-11-36-19-17(31-32-25)12-37-18(16)19/h8-10,14,16-19H,4-7,11-12H2,1-3H3,(H2,26,28,29,30)/t16-,17+,18?,19?/m1/s1. The highest BCUT2D eigenvalue weighted by molar-refractivity contribution is 6.32. The second-order valence-electron chi connectivity index (χ2n) is 10.5. The number of rotatable bonds is 6. The predicted octanol–water partition coefficient (Wildman–Crippen LogP) is 3.90. The zero-order valence-corrected chi connectivity index (χ0v) is 22.2. The Balaban J connectivity index is 1.17. The van der Waals surface area contributed by atoms with Crippen LogP contribution in [0.5, 0.6) is 0 Å². The maximum Gasteiger partial charge on any atom is 0.410 e. The Morgan fingerprint density at radius 2 is 2.00 bits per heavy atom. The van der Waals surface area contributed by atoms with Crippen molar-refractivity contribution in [1.82, 2.24) is 24.6 Å². The lowest BCUT2D eigenvalue weighted by Gasteiger charge is -2.33. The van der Waals surface area contributed by atoms with E-state index in [1.165, 1.54) is 6.20 Å². The molecule has 2 aromatic heterocycles. The zero-order chi connectivity index (χ0) is 26.9. The van der Waals surface area contributed by atoms with Crippen LogP contribution >= 0.6 is 11.6 Å². The highest BCUT2D eigenvalue weighted by Gasteiger charge is 2.47. The number of amides is 1. The van der Waals surface area contributed by atoms with Gasteiger partial charge in [0, 0.05) is 24.2 Å². The molecule has 1 amide bonds. The lowest BCUT2D eigenvalue weighted by molar-refractivity contribution is 0.0185. The van der Waals surface area contributed by atoms with Gasteiger partial charge in [0.1, 0.15) is 16.7 Å². The summed E-state index contributed by atoms with van der Waals surface area (Å²) < 4.78 is 19.0. The Hall–Kier alpha value is -3.32. The van der Waals surface area contributed by atoms with Crippen LogP contribution in [0, 0.1) is 0 Å². The number of fused-ring (bicyclic) bond motifs is 1. The SMILES string of the molecule is CC(C)(C)OC(=O)N1CCC(n2cc(Nc3ncc(Cl)c(N[C@@H]4COC5C4OC[C@@H]5N=[N+]=[N-])n3)cn2)CC1. The van der Waals surface area contributed by atoms with Crippen molar-refractivity contribution in [2.24, 2.45) is 5.11 Å². The molecule has 5 heterocycles. The average molecular weight is 547 g/mol. The van der Waals surface area contributed by atoms with Gasteiger partial charge in [-0.1, -0.05) is 16.7 Å². The fourth-order valence-corrected chi connectivity index (χ4v) is 4.99. The van der Waals surface area contributed by atoms with E-state index in [1.54, 1.807) is 11.1 Å². The first-order chi connectivity index (χ1) is 18.2. The summed E-state index contributed by atoms with van der Waals surface area (Å²) in [6, 6.07) is -0.382. The van der Waals surface area contributed by atoms with Gasteiger partial charge in [-0.05, 0) is 39.1 Å². The van der Waals surface area contributed by atoms with Gasteiger partial charge >= 0.3 is 6.09 Å². The number of ether oxygens (including phenoxy) is 3. The van der Waals surface area contributed by atoms with Gasteiger partial charge in [-0.15, -0.1) is 0 Å². The highest BCUT2D eigenvalue weighted by Crippen LogP contribution is 2.32. The van der Waals surface area contributed by atoms with Crippen molar-refractivity contribution in [3.63, 3.8) is 0 Å². The van der Waals surface area contributed by atoms with E-state index in [9.17, 15) is 4.79 Å². The molecule has 0 bridgehead atoms. The molecule has 0 aromatic carbocycles. The van der Waals surface area contributed by atoms with Crippen LogP contribution in [0.25, 0.3) is 10.4 Å². The summed E-state index contributed by atoms with van der Waals surface area (Å²) >= 11 is 6.36. The number of carbonyl (C=O) groups is 1. The molecule has 3 aliphatic heterocycles. The molecule has 0 saturated carbocycles. The number of aromatic nitrogens is 4. The number of anilines is 3. The van der Waals surface area contributed by atoms with Crippen molar-refractivity contribution in [1.29, 1.82) is 0 Å². The number of likely N-dealkylation sites (tertiary alicyclic amines) is 1. The summed E-state index contributed by atoms with van der Waals surface area (Å²) in [7, 11) is 0. The molecule has 4 atom stereocenters. The molecule has 2 aromatic rings. The van der Waals surface area contributed by atoms with Gasteiger partial charge in [-0.3, -0.25) is 4.68 Å². The molecule has 38 heavy (non-hydrogen) atoms. The minimum Gasteiger partial charge on any atom is -0.444 e. The highest BCUT2D eigenvalue weighted by atomic mass is 35.5. The summed E-state index contributed by atoms with van der Waals surface area (Å²) in [5, 5.41) is 15.1. The van der Waals surface area contributed by atoms with Gasteiger partial charge < -0.3 is 29.7 Å². The van der Waals surface area contributed by atoms with Crippen molar-refractivity contribution in [3.05, 3.63) is 34.1 Å². The molecule has 2 N–H and O–H groups in total. The molecule has 0 spiro atoms. The second-order valence-corrected chi connectivity index (χ2v) is 10.9. The number of carbonyl (C=O) groups excluding carboxylic acids is 1. The summed E-state index contributed by atoms with van der Waals surface area (Å²) in [5.41, 5.74) is 8.96. The van der Waals surface area contributed by atoms with Gasteiger partial charge in [0.15, 0.2) is 5.82 Å². The van der Waals surface area contributed by atoms with E-state index in [4.69, 9.17) is 31.3 Å². The van der Waals surface area contributed by atoms with E-state index < -0.39 is 5.60 Å². The Kier molecular flexibility index (Phi) is 7.48. The van der Waals surface area contributed by atoms with E-state index in [2.05, 4.69) is 35.7 Å². The Bertz CT molecular complexity index is 1210. The summed E-state index contributed by atoms with van der Waals surface area (Å²) in [4.78, 5) is 25.8. The van der Waals surface area contributed by atoms with Crippen LogP contribution in [0.1, 0.15) is 39.7 Å². The topological polar surface area (TPSA) is 164 Å². The summed E-state index contributed by atoms with van der Waals surface area (Å²) in [6.45, 7) is 7.50. The third kappa shape index (κ3) is 5.88. The van der Waals surface area contributed by atoms with Crippen LogP contribution in [0.2, 0.25) is 5.02 Å². The van der Waals surface area contributed by atoms with Crippen LogP contribution in [0.15, 0.2) is 23.7 Å². The van der Waals surface area contributed by atoms with Gasteiger partial charge in [0.25, 0.3) is 0 Å². The monoisotopic (exact) mass is 546 g/mol. The number of hydrogen-bond donors (Lipinski definition) is 2. The van der Waals surface area contributed by atoms with Gasteiger partial charge in [-0.2, -0.15) is 10.1 Å². The Morgan fingerprint density at radius 3 is 2.74 bits per heavy atom. The number of nitrogens with one attached hydrogen (secondary N) is 2. The van der Waals surface area contributed by atoms with Gasteiger partial charge in [-0.25, -0.2) is 9.78 Å². The van der Waals surface area contributed by atoms with Crippen LogP contribution < -0.4 is 10.6 Å². The molecule has 2 unspecified atom stereocenters. The second kappa shape index (κ2) is 10.8. The number of nitrogens with zero attached hydrogens (tertiary/aromatic N) is 8. The molecular weight excluding hydrogens is 516 g/mol. The normalized spacial score (nSPS) is 25.5. The average Bonchev–Trinajstić information content (AvgIpc) is 3.59. The van der Waals surface area contributed by atoms with Crippen LogP contribution in [-0.2, 0) is 14.2 Å². The number of azide groups is 1. The van der Waals surface area contributed by atoms with Crippen molar-refractivity contribution in [3.8, 4) is 0 Å². The van der Waals surface area contributed by atoms with Crippen molar-refractivity contribution in [2.75, 3.05) is 36.9 Å². The molecule has 14 nitrogen and oxygen atoms in total. The number of piperidine rings is 1. The van der Waals surface area contributed by atoms with Gasteiger partial charge in [0.2, 0.25) is 5.95 Å². The smallest absolute Gasteiger partial charge is 0.410 e. The third-order valence-electron chi connectivity index (χ3n) is 6.64. The first-order valence-electron chi connectivity index (χ1n) is 12.6. The van der Waals surface area contributed by atoms with E-state index in [0.717, 1.165) is 18.5 Å². The molecule has 0 aliphatic carbocycles. The lowest BCUT2D eigenvalue weighted by Crippen LogP contribution is -2.42. The fourth-order valence-electron chi connectivity index (χ4n) is 4.84. The van der Waals surface area contributed by atoms with Crippen molar-refractivity contribution < 1.29 is 19.0 Å². The molecule has 3 fully saturated rings. The summed E-state index contributed by atoms with van der Waals surface area (Å²) in [5.74, 6) is 0.794. The lowest BCUT2D eigenvalue weighted by atomic mass is 10.1. The van der Waals surface area contributed by atoms with E-state index in [-0.39, 0.29) is 36.4 Å².